The fourth-order valence-electron chi connectivity index (χ4n) is 7.68. The van der Waals surface area contributed by atoms with Crippen molar-refractivity contribution in [3.05, 3.63) is 122 Å². The minimum Gasteiger partial charge on any atom is -0.479 e. The number of esters is 3. The number of rotatable bonds is 46. The lowest BCUT2D eigenvalue weighted by atomic mass is 9.98. The van der Waals surface area contributed by atoms with Crippen molar-refractivity contribution in [2.24, 2.45) is 0 Å². The molecule has 12 heteroatoms. The first-order valence-corrected chi connectivity index (χ1v) is 28.5. The second kappa shape index (κ2) is 50.0. The van der Waals surface area contributed by atoms with Crippen molar-refractivity contribution < 1.29 is 58.2 Å². The Morgan fingerprint density at radius 3 is 1.36 bits per heavy atom. The molecular formula is C63H98O12. The van der Waals surface area contributed by atoms with Crippen LogP contribution in [0.1, 0.15) is 201 Å². The van der Waals surface area contributed by atoms with E-state index in [-0.39, 0.29) is 25.9 Å². The molecule has 1 rings (SSSR count). The molecule has 0 bridgehead atoms. The van der Waals surface area contributed by atoms with Crippen LogP contribution < -0.4 is 0 Å². The number of hydrogen-bond acceptors (Lipinski definition) is 11. The van der Waals surface area contributed by atoms with E-state index in [0.29, 0.717) is 32.1 Å². The fourth-order valence-corrected chi connectivity index (χ4v) is 7.68. The SMILES string of the molecule is CC/C=C\C/C=C\C/C=C\C/C=C\C/C=C\CCCC(=O)OCC(COC1OC(C(=O)O)C(O)C(O)C1OC(=O)CCCC/C=C\C/C=C\C/C=C\C/C=C\CC)OC(=O)CCCCCCC/C=C\CCCCCC. The van der Waals surface area contributed by atoms with Gasteiger partial charge in [0, 0.05) is 19.3 Å². The Labute approximate surface area is 452 Å². The van der Waals surface area contributed by atoms with E-state index in [2.05, 4.69) is 136 Å². The molecule has 12 nitrogen and oxygen atoms in total. The van der Waals surface area contributed by atoms with Crippen LogP contribution in [0.3, 0.4) is 0 Å². The summed E-state index contributed by atoms with van der Waals surface area (Å²) in [7, 11) is 0. The van der Waals surface area contributed by atoms with Gasteiger partial charge in [0.1, 0.15) is 18.8 Å². The second-order valence-corrected chi connectivity index (χ2v) is 18.8. The van der Waals surface area contributed by atoms with Crippen LogP contribution in [0.15, 0.2) is 122 Å². The van der Waals surface area contributed by atoms with Gasteiger partial charge < -0.3 is 39.0 Å². The van der Waals surface area contributed by atoms with Gasteiger partial charge in [0.25, 0.3) is 0 Å². The second-order valence-electron chi connectivity index (χ2n) is 18.8. The van der Waals surface area contributed by atoms with E-state index in [0.717, 1.165) is 103 Å². The zero-order valence-electron chi connectivity index (χ0n) is 46.2. The highest BCUT2D eigenvalue weighted by molar-refractivity contribution is 5.74. The fraction of sp³-hybridized carbons (Fsp3) is 0.619. The summed E-state index contributed by atoms with van der Waals surface area (Å²) < 4.78 is 28.3. The standard InChI is InChI=1S/C63H98O12/c1-4-7-10-13-16-19-22-25-27-28-30-32-34-37-40-43-46-49-55(64)71-52-54(73-56(65)50-47-44-41-38-35-31-24-21-18-15-12-9-6-3)53-72-63-61(59(68)58(67)60(75-63)62(69)70)74-57(66)51-48-45-42-39-36-33-29-26-23-20-17-14-11-8-5-2/h7-8,10-11,16-17,19-21,24-27,29-30,32,36-37,39-40,54,58-61,63,67-68H,4-6,9,12-15,18,22-23,28,31,33-35,38,41-53H2,1-3H3,(H,69,70)/b10-7-,11-8-,19-16-,20-17-,24-21-,27-25-,29-26-,32-30-,39-36-,40-37-. The van der Waals surface area contributed by atoms with Gasteiger partial charge in [0.15, 0.2) is 24.6 Å². The Kier molecular flexibility index (Phi) is 45.4. The molecule has 1 aliphatic heterocycles. The van der Waals surface area contributed by atoms with E-state index < -0.39 is 67.3 Å². The maximum atomic E-state index is 13.1. The van der Waals surface area contributed by atoms with Gasteiger partial charge in [-0.05, 0) is 122 Å². The van der Waals surface area contributed by atoms with E-state index in [4.69, 9.17) is 23.7 Å². The molecule has 0 aromatic carbocycles. The molecule has 1 heterocycles. The Balaban J connectivity index is 2.78. The molecule has 422 valence electrons. The Morgan fingerprint density at radius 2 is 0.853 bits per heavy atom. The lowest BCUT2D eigenvalue weighted by Crippen LogP contribution is -2.61. The van der Waals surface area contributed by atoms with Gasteiger partial charge in [-0.1, -0.05) is 181 Å². The third kappa shape index (κ3) is 40.1. The third-order valence-electron chi connectivity index (χ3n) is 12.0. The predicted molar refractivity (Wildman–Crippen MR) is 303 cm³/mol. The smallest absolute Gasteiger partial charge is 0.335 e. The molecule has 0 amide bonds. The highest BCUT2D eigenvalue weighted by Crippen LogP contribution is 2.26. The van der Waals surface area contributed by atoms with Gasteiger partial charge >= 0.3 is 23.9 Å². The molecule has 6 unspecified atom stereocenters. The van der Waals surface area contributed by atoms with Gasteiger partial charge in [-0.2, -0.15) is 0 Å². The molecule has 0 spiro atoms. The number of aliphatic carboxylic acids is 1. The lowest BCUT2D eigenvalue weighted by molar-refractivity contribution is -0.301. The number of aliphatic hydroxyl groups is 2. The van der Waals surface area contributed by atoms with Crippen LogP contribution in [0, 0.1) is 0 Å². The van der Waals surface area contributed by atoms with Crippen molar-refractivity contribution in [3.8, 4) is 0 Å². The predicted octanol–water partition coefficient (Wildman–Crippen LogP) is 14.4. The van der Waals surface area contributed by atoms with E-state index in [9.17, 15) is 34.5 Å². The quantitative estimate of drug-likeness (QED) is 0.0228. The molecule has 1 aliphatic rings. The number of allylic oxidation sites excluding steroid dienone is 20. The van der Waals surface area contributed by atoms with E-state index in [1.165, 1.54) is 25.7 Å². The van der Waals surface area contributed by atoms with E-state index >= 15 is 0 Å². The van der Waals surface area contributed by atoms with Gasteiger partial charge in [0.2, 0.25) is 0 Å². The van der Waals surface area contributed by atoms with Crippen LogP contribution in [-0.4, -0.2) is 89.2 Å². The number of carbonyl (C=O) groups is 4. The van der Waals surface area contributed by atoms with Crippen molar-refractivity contribution in [2.45, 2.75) is 237 Å². The number of carboxylic acid groups (broad SMARTS) is 1. The van der Waals surface area contributed by atoms with Crippen LogP contribution in [0.2, 0.25) is 0 Å². The number of carboxylic acids is 1. The van der Waals surface area contributed by atoms with Gasteiger partial charge in [-0.3, -0.25) is 14.4 Å². The largest absolute Gasteiger partial charge is 0.479 e. The van der Waals surface area contributed by atoms with Crippen molar-refractivity contribution in [1.82, 2.24) is 0 Å². The number of carbonyl (C=O) groups excluding carboxylic acids is 3. The number of unbranched alkanes of at least 4 members (excludes halogenated alkanes) is 12. The average Bonchev–Trinajstić information content (AvgIpc) is 3.39. The number of hydrogen-bond donors (Lipinski definition) is 3. The molecule has 0 radical (unpaired) electrons. The molecule has 75 heavy (non-hydrogen) atoms. The summed E-state index contributed by atoms with van der Waals surface area (Å²) in [6, 6.07) is 0. The van der Waals surface area contributed by atoms with Crippen LogP contribution in [-0.2, 0) is 42.9 Å². The summed E-state index contributed by atoms with van der Waals surface area (Å²) in [6.45, 7) is 5.65. The molecule has 6 atom stereocenters. The van der Waals surface area contributed by atoms with Crippen LogP contribution in [0.5, 0.6) is 0 Å². The average molecular weight is 1050 g/mol. The molecule has 0 aromatic rings. The summed E-state index contributed by atoms with van der Waals surface area (Å²) >= 11 is 0. The minimum absolute atomic E-state index is 0.00454. The topological polar surface area (TPSA) is 175 Å². The normalized spacial score (nSPS) is 19.1. The number of aliphatic hydroxyl groups excluding tert-OH is 2. The maximum Gasteiger partial charge on any atom is 0.335 e. The van der Waals surface area contributed by atoms with Gasteiger partial charge in [0.05, 0.1) is 6.61 Å². The van der Waals surface area contributed by atoms with Gasteiger partial charge in [-0.25, -0.2) is 4.79 Å². The van der Waals surface area contributed by atoms with Crippen LogP contribution in [0.25, 0.3) is 0 Å². The molecule has 0 aromatic heterocycles. The van der Waals surface area contributed by atoms with E-state index in [1.807, 2.05) is 6.08 Å². The Bertz CT molecular complexity index is 1770. The Hall–Kier alpha value is -4.88. The Morgan fingerprint density at radius 1 is 0.453 bits per heavy atom. The van der Waals surface area contributed by atoms with Crippen LogP contribution in [0.4, 0.5) is 0 Å². The monoisotopic (exact) mass is 1050 g/mol. The highest BCUT2D eigenvalue weighted by atomic mass is 16.7. The molecule has 1 saturated heterocycles. The van der Waals surface area contributed by atoms with Crippen molar-refractivity contribution in [2.75, 3.05) is 13.2 Å². The molecule has 3 N–H and O–H groups in total. The van der Waals surface area contributed by atoms with Crippen LogP contribution >= 0.6 is 0 Å². The van der Waals surface area contributed by atoms with Crippen molar-refractivity contribution in [1.29, 1.82) is 0 Å². The molecule has 0 aliphatic carbocycles. The summed E-state index contributed by atoms with van der Waals surface area (Å²) in [6.07, 6.45) is 56.1. The third-order valence-corrected chi connectivity index (χ3v) is 12.0. The van der Waals surface area contributed by atoms with E-state index in [1.54, 1.807) is 0 Å². The summed E-state index contributed by atoms with van der Waals surface area (Å²) in [5.41, 5.74) is 0. The molecule has 1 fully saturated rings. The summed E-state index contributed by atoms with van der Waals surface area (Å²) in [5, 5.41) is 31.4. The first-order chi connectivity index (χ1) is 36.6. The first kappa shape index (κ1) is 68.1. The van der Waals surface area contributed by atoms with Gasteiger partial charge in [-0.15, -0.1) is 0 Å². The lowest BCUT2D eigenvalue weighted by Gasteiger charge is -2.40. The zero-order chi connectivity index (χ0) is 54.7. The molecule has 0 saturated carbocycles. The summed E-state index contributed by atoms with van der Waals surface area (Å²) in [4.78, 5) is 51.0. The zero-order valence-corrected chi connectivity index (χ0v) is 46.2. The first-order valence-electron chi connectivity index (χ1n) is 28.5. The number of ether oxygens (including phenoxy) is 5. The maximum absolute atomic E-state index is 13.1. The minimum atomic E-state index is -1.93. The van der Waals surface area contributed by atoms with Crippen molar-refractivity contribution >= 4 is 23.9 Å². The summed E-state index contributed by atoms with van der Waals surface area (Å²) in [5.74, 6) is -3.28. The molecular weight excluding hydrogens is 949 g/mol. The van der Waals surface area contributed by atoms with Crippen molar-refractivity contribution in [3.63, 3.8) is 0 Å². The highest BCUT2D eigenvalue weighted by Gasteiger charge is 2.50.